The highest BCUT2D eigenvalue weighted by Crippen LogP contribution is 2.36. The van der Waals surface area contributed by atoms with Gasteiger partial charge in [0.1, 0.15) is 5.54 Å². The topological polar surface area (TPSA) is 69.6 Å². The van der Waals surface area contributed by atoms with E-state index in [1.807, 2.05) is 0 Å². The fourth-order valence-electron chi connectivity index (χ4n) is 1.87. The van der Waals surface area contributed by atoms with Gasteiger partial charge < -0.3 is 15.3 Å². The summed E-state index contributed by atoms with van der Waals surface area (Å²) in [6, 6.07) is 5.36. The average Bonchev–Trinajstić information content (AvgIpc) is 2.28. The van der Waals surface area contributed by atoms with Crippen LogP contribution in [0.4, 0.5) is 11.4 Å². The van der Waals surface area contributed by atoms with Crippen LogP contribution in [0.2, 0.25) is 0 Å². The molecule has 5 nitrogen and oxygen atoms in total. The molecule has 0 saturated carbocycles. The van der Waals surface area contributed by atoms with E-state index in [9.17, 15) is 14.7 Å². The molecule has 1 aromatic rings. The van der Waals surface area contributed by atoms with Gasteiger partial charge in [0.15, 0.2) is 0 Å². The van der Waals surface area contributed by atoms with Crippen molar-refractivity contribution in [1.29, 1.82) is 0 Å². The van der Waals surface area contributed by atoms with Crippen molar-refractivity contribution in [2.24, 2.45) is 0 Å². The van der Waals surface area contributed by atoms with E-state index in [-0.39, 0.29) is 12.5 Å². The molecule has 0 atom stereocenters. The van der Waals surface area contributed by atoms with E-state index < -0.39 is 11.5 Å². The Hall–Kier alpha value is -1.56. The molecule has 96 valence electrons. The molecule has 18 heavy (non-hydrogen) atoms. The number of hydrogen-bond acceptors (Lipinski definition) is 3. The molecule has 1 aliphatic heterocycles. The van der Waals surface area contributed by atoms with Gasteiger partial charge >= 0.3 is 5.97 Å². The first-order valence-corrected chi connectivity index (χ1v) is 6.22. The lowest BCUT2D eigenvalue weighted by Gasteiger charge is -2.40. The molecule has 0 fully saturated rings. The molecule has 1 amide bonds. The molecule has 0 unspecified atom stereocenters. The summed E-state index contributed by atoms with van der Waals surface area (Å²) in [6.07, 6.45) is 0. The number of halogens is 1. The van der Waals surface area contributed by atoms with Crippen LogP contribution >= 0.6 is 15.9 Å². The molecule has 0 saturated heterocycles. The number of fused-ring (bicyclic) bond motifs is 1. The molecule has 2 rings (SSSR count). The number of nitrogens with one attached hydrogen (secondary N) is 1. The van der Waals surface area contributed by atoms with Crippen LogP contribution in [0.15, 0.2) is 22.7 Å². The van der Waals surface area contributed by atoms with Crippen molar-refractivity contribution < 1.29 is 14.7 Å². The summed E-state index contributed by atoms with van der Waals surface area (Å²) in [7, 11) is 0. The van der Waals surface area contributed by atoms with Crippen LogP contribution in [0.3, 0.4) is 0 Å². The second-order valence-electron chi connectivity index (χ2n) is 4.66. The number of aliphatic carboxylic acids is 1. The van der Waals surface area contributed by atoms with Gasteiger partial charge in [-0.25, -0.2) is 4.79 Å². The summed E-state index contributed by atoms with van der Waals surface area (Å²) in [5, 5.41) is 12.0. The maximum atomic E-state index is 11.6. The zero-order valence-corrected chi connectivity index (χ0v) is 11.6. The Morgan fingerprint density at radius 1 is 1.50 bits per heavy atom. The molecule has 0 radical (unpaired) electrons. The fraction of sp³-hybridized carbons (Fsp3) is 0.333. The molecule has 2 N–H and O–H groups in total. The van der Waals surface area contributed by atoms with Crippen molar-refractivity contribution in [3.63, 3.8) is 0 Å². The van der Waals surface area contributed by atoms with E-state index >= 15 is 0 Å². The molecule has 1 aromatic carbocycles. The van der Waals surface area contributed by atoms with E-state index in [1.165, 1.54) is 0 Å². The molecule has 1 heterocycles. The third-order valence-corrected chi connectivity index (χ3v) is 3.52. The number of hydrogen-bond donors (Lipinski definition) is 2. The van der Waals surface area contributed by atoms with Crippen LogP contribution in [0.5, 0.6) is 0 Å². The van der Waals surface area contributed by atoms with Crippen LogP contribution in [0.1, 0.15) is 13.8 Å². The number of carboxylic acid groups (broad SMARTS) is 1. The minimum Gasteiger partial charge on any atom is -0.480 e. The van der Waals surface area contributed by atoms with Gasteiger partial charge in [0.25, 0.3) is 0 Å². The lowest BCUT2D eigenvalue weighted by Crippen LogP contribution is -2.55. The molecule has 0 aromatic heterocycles. The van der Waals surface area contributed by atoms with Crippen LogP contribution in [-0.4, -0.2) is 29.1 Å². The van der Waals surface area contributed by atoms with Gasteiger partial charge in [0, 0.05) is 4.47 Å². The smallest absolute Gasteiger partial charge is 0.328 e. The maximum Gasteiger partial charge on any atom is 0.328 e. The van der Waals surface area contributed by atoms with Crippen LogP contribution in [-0.2, 0) is 9.59 Å². The first-order chi connectivity index (χ1) is 8.32. The number of carbonyl (C=O) groups excluding carboxylic acids is 1. The van der Waals surface area contributed by atoms with Gasteiger partial charge in [0.2, 0.25) is 5.91 Å². The third-order valence-electron chi connectivity index (χ3n) is 3.02. The molecule has 0 aliphatic carbocycles. The fourth-order valence-corrected chi connectivity index (χ4v) is 2.22. The first-order valence-electron chi connectivity index (χ1n) is 5.43. The van der Waals surface area contributed by atoms with Crippen LogP contribution in [0, 0.1) is 0 Å². The highest BCUT2D eigenvalue weighted by Gasteiger charge is 2.39. The zero-order chi connectivity index (χ0) is 13.5. The Bertz CT molecular complexity index is 528. The largest absolute Gasteiger partial charge is 0.480 e. The van der Waals surface area contributed by atoms with Gasteiger partial charge in [-0.3, -0.25) is 4.79 Å². The van der Waals surface area contributed by atoms with Gasteiger partial charge in [-0.1, -0.05) is 15.9 Å². The van der Waals surface area contributed by atoms with Crippen LogP contribution in [0.25, 0.3) is 0 Å². The number of amides is 1. The number of carboxylic acids is 1. The molecule has 0 bridgehead atoms. The van der Waals surface area contributed by atoms with Crippen molar-refractivity contribution in [3.8, 4) is 0 Å². The lowest BCUT2D eigenvalue weighted by molar-refractivity contribution is -0.142. The van der Waals surface area contributed by atoms with Crippen molar-refractivity contribution in [1.82, 2.24) is 0 Å². The summed E-state index contributed by atoms with van der Waals surface area (Å²) in [5.74, 6) is -1.18. The number of anilines is 2. The summed E-state index contributed by atoms with van der Waals surface area (Å²) < 4.78 is 0.837. The summed E-state index contributed by atoms with van der Waals surface area (Å²) >= 11 is 3.35. The second-order valence-corrected chi connectivity index (χ2v) is 5.58. The monoisotopic (exact) mass is 312 g/mol. The highest BCUT2D eigenvalue weighted by atomic mass is 79.9. The summed E-state index contributed by atoms with van der Waals surface area (Å²) in [5.41, 5.74) is 0.188. The van der Waals surface area contributed by atoms with Crippen molar-refractivity contribution in [2.45, 2.75) is 19.4 Å². The number of rotatable bonds is 2. The predicted octanol–water partition coefficient (Wildman–Crippen LogP) is 2.07. The number of nitrogens with zero attached hydrogens (tertiary/aromatic N) is 1. The summed E-state index contributed by atoms with van der Waals surface area (Å²) in [4.78, 5) is 24.6. The Balaban J connectivity index is 2.54. The van der Waals surface area contributed by atoms with Gasteiger partial charge in [-0.2, -0.15) is 0 Å². The minimum atomic E-state index is -1.15. The van der Waals surface area contributed by atoms with Crippen LogP contribution < -0.4 is 10.2 Å². The molecule has 6 heteroatoms. The summed E-state index contributed by atoms with van der Waals surface area (Å²) in [6.45, 7) is 3.19. The van der Waals surface area contributed by atoms with Gasteiger partial charge in [-0.15, -0.1) is 0 Å². The normalized spacial score (nSPS) is 15.1. The highest BCUT2D eigenvalue weighted by molar-refractivity contribution is 9.10. The quantitative estimate of drug-likeness (QED) is 0.877. The van der Waals surface area contributed by atoms with Crippen molar-refractivity contribution in [2.75, 3.05) is 16.8 Å². The van der Waals surface area contributed by atoms with Gasteiger partial charge in [0.05, 0.1) is 17.9 Å². The standard InChI is InChI=1S/C12H13BrN2O3/c1-12(2,11(17)18)15-6-10(16)14-8-4-3-7(13)5-9(8)15/h3-5H,6H2,1-2H3,(H,14,16)(H,17,18). The second kappa shape index (κ2) is 4.28. The van der Waals surface area contributed by atoms with E-state index in [0.29, 0.717) is 11.4 Å². The molecule has 1 aliphatic rings. The Morgan fingerprint density at radius 3 is 2.78 bits per heavy atom. The van der Waals surface area contributed by atoms with Crippen molar-refractivity contribution in [3.05, 3.63) is 22.7 Å². The molecule has 0 spiro atoms. The third kappa shape index (κ3) is 2.08. The Morgan fingerprint density at radius 2 is 2.17 bits per heavy atom. The van der Waals surface area contributed by atoms with E-state index in [2.05, 4.69) is 21.2 Å². The molecular formula is C12H13BrN2O3. The van der Waals surface area contributed by atoms with Gasteiger partial charge in [-0.05, 0) is 32.0 Å². The Labute approximate surface area is 113 Å². The maximum absolute atomic E-state index is 11.6. The van der Waals surface area contributed by atoms with Crippen molar-refractivity contribution >= 4 is 39.2 Å². The average molecular weight is 313 g/mol. The first kappa shape index (κ1) is 12.9. The van der Waals surface area contributed by atoms with E-state index in [0.717, 1.165) is 4.47 Å². The van der Waals surface area contributed by atoms with E-state index in [1.54, 1.807) is 36.9 Å². The van der Waals surface area contributed by atoms with E-state index in [4.69, 9.17) is 0 Å². The number of carbonyl (C=O) groups is 2. The lowest BCUT2D eigenvalue weighted by atomic mass is 10.00. The Kier molecular flexibility index (Phi) is 3.06. The predicted molar refractivity (Wildman–Crippen MR) is 71.8 cm³/mol. The number of benzene rings is 1. The zero-order valence-electron chi connectivity index (χ0n) is 10.0. The molecular weight excluding hydrogens is 300 g/mol. The SMILES string of the molecule is CC(C)(C(=O)O)N1CC(=O)Nc2ccc(Br)cc21. The minimum absolute atomic E-state index is 0.0305.